The fourth-order valence-corrected chi connectivity index (χ4v) is 1.35. The summed E-state index contributed by atoms with van der Waals surface area (Å²) in [6.07, 6.45) is 0. The summed E-state index contributed by atoms with van der Waals surface area (Å²) in [4.78, 5) is 0. The van der Waals surface area contributed by atoms with Crippen molar-refractivity contribution in [3.8, 4) is 0 Å². The van der Waals surface area contributed by atoms with Gasteiger partial charge in [0.15, 0.2) is 17.3 Å². The summed E-state index contributed by atoms with van der Waals surface area (Å²) in [7, 11) is 0. The van der Waals surface area contributed by atoms with Crippen molar-refractivity contribution in [3.63, 3.8) is 0 Å². The molecule has 0 amide bonds. The van der Waals surface area contributed by atoms with Gasteiger partial charge in [0.1, 0.15) is 5.82 Å². The second kappa shape index (κ2) is 4.80. The monoisotopic (exact) mass is 251 g/mol. The lowest BCUT2D eigenvalue weighted by atomic mass is 10.2. The fraction of sp³-hybridized carbons (Fsp3) is 0.100. The van der Waals surface area contributed by atoms with Gasteiger partial charge in [0.05, 0.1) is 6.54 Å². The zero-order chi connectivity index (χ0) is 13.1. The predicted octanol–water partition coefficient (Wildman–Crippen LogP) is 1.01. The lowest BCUT2D eigenvalue weighted by Crippen LogP contribution is -2.28. The Balaban J connectivity index is 2.14. The molecule has 0 atom stereocenters. The van der Waals surface area contributed by atoms with Crippen molar-refractivity contribution in [2.24, 2.45) is 0 Å². The van der Waals surface area contributed by atoms with Crippen molar-refractivity contribution in [2.75, 3.05) is 5.73 Å². The van der Waals surface area contributed by atoms with Gasteiger partial charge in [-0.25, -0.2) is 14.1 Å². The number of hydrogen-bond acceptors (Lipinski definition) is 6. The van der Waals surface area contributed by atoms with Gasteiger partial charge >= 0.3 is 0 Å². The Labute approximate surface area is 101 Å². The zero-order valence-corrected chi connectivity index (χ0v) is 9.17. The van der Waals surface area contributed by atoms with Crippen molar-refractivity contribution in [1.29, 1.82) is 5.41 Å². The molecule has 7 nitrogen and oxygen atoms in total. The first-order chi connectivity index (χ1) is 8.59. The number of hydrogen-bond donors (Lipinski definition) is 3. The Morgan fingerprint density at radius 3 is 2.78 bits per heavy atom. The lowest BCUT2D eigenvalue weighted by molar-refractivity contribution is -0.0241. The Bertz CT molecular complexity index is 571. The summed E-state index contributed by atoms with van der Waals surface area (Å²) in [5.41, 5.74) is 5.52. The molecule has 0 bridgehead atoms. The third-order valence-corrected chi connectivity index (χ3v) is 2.27. The number of halogens is 1. The molecular formula is C10H10FN5O2. The number of nitrogens with zero attached hydrogens (tertiary/aromatic N) is 3. The highest BCUT2D eigenvalue weighted by molar-refractivity contribution is 5.97. The summed E-state index contributed by atoms with van der Waals surface area (Å²) in [5.74, 6) is -1.01. The fourth-order valence-electron chi connectivity index (χ4n) is 1.35. The second-order valence-corrected chi connectivity index (χ2v) is 3.50. The van der Waals surface area contributed by atoms with Gasteiger partial charge in [-0.05, 0) is 16.4 Å². The van der Waals surface area contributed by atoms with E-state index < -0.39 is 11.7 Å². The number of rotatable bonds is 3. The zero-order valence-electron chi connectivity index (χ0n) is 9.17. The minimum Gasteiger partial charge on any atom is -0.379 e. The average Bonchev–Trinajstić information content (AvgIpc) is 2.77. The molecule has 0 unspecified atom stereocenters. The molecule has 0 aliphatic rings. The van der Waals surface area contributed by atoms with E-state index in [0.29, 0.717) is 5.06 Å². The number of nitrogens with one attached hydrogen (secondary N) is 1. The third-order valence-electron chi connectivity index (χ3n) is 2.27. The van der Waals surface area contributed by atoms with E-state index in [4.69, 9.17) is 11.1 Å². The van der Waals surface area contributed by atoms with Gasteiger partial charge in [-0.15, -0.1) is 0 Å². The lowest BCUT2D eigenvalue weighted by Gasteiger charge is -2.16. The van der Waals surface area contributed by atoms with Crippen LogP contribution in [-0.4, -0.2) is 26.4 Å². The van der Waals surface area contributed by atoms with E-state index in [1.165, 1.54) is 18.2 Å². The highest BCUT2D eigenvalue weighted by Gasteiger charge is 2.18. The van der Waals surface area contributed by atoms with Gasteiger partial charge in [-0.3, -0.25) is 10.6 Å². The number of anilines is 1. The highest BCUT2D eigenvalue weighted by Crippen LogP contribution is 2.12. The molecule has 0 saturated heterocycles. The van der Waals surface area contributed by atoms with Crippen LogP contribution >= 0.6 is 0 Å². The molecule has 0 fully saturated rings. The van der Waals surface area contributed by atoms with Crippen LogP contribution in [0.15, 0.2) is 28.9 Å². The second-order valence-electron chi connectivity index (χ2n) is 3.50. The van der Waals surface area contributed by atoms with E-state index in [0.717, 1.165) is 0 Å². The number of benzene rings is 1. The molecule has 0 radical (unpaired) electrons. The smallest absolute Gasteiger partial charge is 0.199 e. The van der Waals surface area contributed by atoms with E-state index >= 15 is 0 Å². The molecule has 1 heterocycles. The molecule has 94 valence electrons. The number of nitrogen functional groups attached to an aromatic ring is 1. The van der Waals surface area contributed by atoms with E-state index in [1.807, 2.05) is 0 Å². The molecular weight excluding hydrogens is 241 g/mol. The maximum atomic E-state index is 13.4. The Morgan fingerprint density at radius 1 is 1.44 bits per heavy atom. The molecule has 1 aromatic carbocycles. The number of amidine groups is 1. The van der Waals surface area contributed by atoms with Crippen LogP contribution in [0.1, 0.15) is 11.3 Å². The standard InChI is InChI=1S/C10H10FN5O2/c11-7-4-2-1-3-6(7)5-16(17)10(13)8-9(12)15-18-14-8/h1-4,13,17H,5H2,(H2,12,15). The average molecular weight is 251 g/mol. The minimum atomic E-state index is -0.476. The summed E-state index contributed by atoms with van der Waals surface area (Å²) in [5, 5.41) is 24.5. The SMILES string of the molecule is N=C(c1nonc1N)N(O)Cc1ccccc1F. The quantitative estimate of drug-likeness (QED) is 0.426. The number of aromatic nitrogens is 2. The Kier molecular flexibility index (Phi) is 3.20. The summed E-state index contributed by atoms with van der Waals surface area (Å²) in [6, 6.07) is 5.92. The maximum absolute atomic E-state index is 13.4. The Morgan fingerprint density at radius 2 is 2.17 bits per heavy atom. The van der Waals surface area contributed by atoms with Crippen LogP contribution in [0.2, 0.25) is 0 Å². The summed E-state index contributed by atoms with van der Waals surface area (Å²) in [6.45, 7) is -0.211. The van der Waals surface area contributed by atoms with Gasteiger partial charge in [0.25, 0.3) is 0 Å². The number of hydroxylamine groups is 2. The molecule has 0 aliphatic carbocycles. The first kappa shape index (κ1) is 12.0. The van der Waals surface area contributed by atoms with Crippen LogP contribution in [0.4, 0.5) is 10.2 Å². The van der Waals surface area contributed by atoms with Crippen LogP contribution in [0, 0.1) is 11.2 Å². The first-order valence-corrected chi connectivity index (χ1v) is 4.96. The first-order valence-electron chi connectivity index (χ1n) is 4.96. The topological polar surface area (TPSA) is 112 Å². The van der Waals surface area contributed by atoms with Gasteiger partial charge in [0, 0.05) is 5.56 Å². The van der Waals surface area contributed by atoms with E-state index in [9.17, 15) is 9.60 Å². The molecule has 8 heteroatoms. The van der Waals surface area contributed by atoms with Crippen LogP contribution in [0.3, 0.4) is 0 Å². The van der Waals surface area contributed by atoms with Crippen LogP contribution in [0.5, 0.6) is 0 Å². The van der Waals surface area contributed by atoms with Crippen molar-refractivity contribution in [3.05, 3.63) is 41.3 Å². The molecule has 4 N–H and O–H groups in total. The van der Waals surface area contributed by atoms with Crippen LogP contribution < -0.4 is 5.73 Å². The van der Waals surface area contributed by atoms with Gasteiger partial charge in [0.2, 0.25) is 0 Å². The molecule has 2 aromatic rings. The minimum absolute atomic E-state index is 0.103. The molecule has 0 spiro atoms. The van der Waals surface area contributed by atoms with E-state index in [1.54, 1.807) is 6.07 Å². The van der Waals surface area contributed by atoms with Crippen molar-refractivity contribution in [2.45, 2.75) is 6.54 Å². The Hall–Kier alpha value is -2.48. The number of nitrogens with two attached hydrogens (primary N) is 1. The van der Waals surface area contributed by atoms with Gasteiger partial charge < -0.3 is 5.73 Å². The maximum Gasteiger partial charge on any atom is 0.199 e. The van der Waals surface area contributed by atoms with E-state index in [2.05, 4.69) is 14.9 Å². The largest absolute Gasteiger partial charge is 0.379 e. The summed E-state index contributed by atoms with van der Waals surface area (Å²) >= 11 is 0. The highest BCUT2D eigenvalue weighted by atomic mass is 19.1. The molecule has 0 aliphatic heterocycles. The normalized spacial score (nSPS) is 10.3. The molecule has 0 saturated carbocycles. The van der Waals surface area contributed by atoms with E-state index in [-0.39, 0.29) is 23.6 Å². The van der Waals surface area contributed by atoms with Gasteiger partial charge in [-0.1, -0.05) is 18.2 Å². The van der Waals surface area contributed by atoms with Crippen molar-refractivity contribution < 1.29 is 14.2 Å². The predicted molar refractivity (Wildman–Crippen MR) is 59.3 cm³/mol. The molecule has 18 heavy (non-hydrogen) atoms. The van der Waals surface area contributed by atoms with Crippen molar-refractivity contribution >= 4 is 11.7 Å². The third kappa shape index (κ3) is 2.28. The molecule has 1 aromatic heterocycles. The van der Waals surface area contributed by atoms with Gasteiger partial charge in [-0.2, -0.15) is 0 Å². The molecule has 2 rings (SSSR count). The van der Waals surface area contributed by atoms with Crippen LogP contribution in [-0.2, 0) is 6.54 Å². The summed E-state index contributed by atoms with van der Waals surface area (Å²) < 4.78 is 17.7. The van der Waals surface area contributed by atoms with Crippen LogP contribution in [0.25, 0.3) is 0 Å². The van der Waals surface area contributed by atoms with Crippen molar-refractivity contribution in [1.82, 2.24) is 15.4 Å².